The molecule has 1 atom stereocenters. The normalized spacial score (nSPS) is 12.8. The molecule has 1 N–H and O–H groups in total. The first-order valence-electron chi connectivity index (χ1n) is 4.18. The summed E-state index contributed by atoms with van der Waals surface area (Å²) in [6.45, 7) is 3.76. The Balaban J connectivity index is 3.80. The number of hydrogen-bond donors (Lipinski definition) is 1. The first-order chi connectivity index (χ1) is 6.06. The second-order valence-corrected chi connectivity index (χ2v) is 2.71. The fourth-order valence-electron chi connectivity index (χ4n) is 0.842. The Morgan fingerprint density at radius 3 is 2.54 bits per heavy atom. The standard InChI is InChI=1S/C9H14O4/c1-3-4-7(2)13-9(12)6-5-8(10)11/h5-7H,3-4H2,1-2H3,(H,10,11)/b6-5-. The molecule has 0 heterocycles. The quantitative estimate of drug-likeness (QED) is 0.520. The summed E-state index contributed by atoms with van der Waals surface area (Å²) in [6.07, 6.45) is 3.23. The van der Waals surface area contributed by atoms with Crippen molar-refractivity contribution in [3.05, 3.63) is 12.2 Å². The smallest absolute Gasteiger partial charge is 0.331 e. The van der Waals surface area contributed by atoms with Gasteiger partial charge in [0.25, 0.3) is 0 Å². The molecule has 0 fully saturated rings. The van der Waals surface area contributed by atoms with Gasteiger partial charge in [-0.2, -0.15) is 0 Å². The second-order valence-electron chi connectivity index (χ2n) is 2.71. The van der Waals surface area contributed by atoms with Crippen LogP contribution in [-0.4, -0.2) is 23.1 Å². The lowest BCUT2D eigenvalue weighted by Crippen LogP contribution is -2.12. The zero-order valence-corrected chi connectivity index (χ0v) is 7.82. The highest BCUT2D eigenvalue weighted by molar-refractivity contribution is 5.90. The van der Waals surface area contributed by atoms with Gasteiger partial charge in [-0.3, -0.25) is 0 Å². The summed E-state index contributed by atoms with van der Waals surface area (Å²) in [7, 11) is 0. The van der Waals surface area contributed by atoms with Gasteiger partial charge in [-0.25, -0.2) is 9.59 Å². The summed E-state index contributed by atoms with van der Waals surface area (Å²) >= 11 is 0. The van der Waals surface area contributed by atoms with Crippen molar-refractivity contribution < 1.29 is 19.4 Å². The van der Waals surface area contributed by atoms with Crippen LogP contribution in [0, 0.1) is 0 Å². The predicted molar refractivity (Wildman–Crippen MR) is 47.2 cm³/mol. The summed E-state index contributed by atoms with van der Waals surface area (Å²) < 4.78 is 4.85. The first-order valence-corrected chi connectivity index (χ1v) is 4.18. The zero-order valence-electron chi connectivity index (χ0n) is 7.82. The van der Waals surface area contributed by atoms with E-state index in [-0.39, 0.29) is 6.10 Å². The van der Waals surface area contributed by atoms with Crippen molar-refractivity contribution >= 4 is 11.9 Å². The van der Waals surface area contributed by atoms with Crippen LogP contribution in [0.15, 0.2) is 12.2 Å². The number of carbonyl (C=O) groups is 2. The molecule has 0 aromatic rings. The van der Waals surface area contributed by atoms with Crippen molar-refractivity contribution in [1.82, 2.24) is 0 Å². The third-order valence-corrected chi connectivity index (χ3v) is 1.37. The van der Waals surface area contributed by atoms with E-state index in [0.29, 0.717) is 0 Å². The third-order valence-electron chi connectivity index (χ3n) is 1.37. The molecule has 0 aliphatic carbocycles. The maximum Gasteiger partial charge on any atom is 0.331 e. The Morgan fingerprint density at radius 1 is 1.46 bits per heavy atom. The van der Waals surface area contributed by atoms with Crippen LogP contribution in [0.4, 0.5) is 0 Å². The van der Waals surface area contributed by atoms with Crippen molar-refractivity contribution in [2.45, 2.75) is 32.8 Å². The van der Waals surface area contributed by atoms with E-state index in [1.165, 1.54) is 0 Å². The molecule has 0 amide bonds. The Morgan fingerprint density at radius 2 is 2.08 bits per heavy atom. The summed E-state index contributed by atoms with van der Waals surface area (Å²) in [5.41, 5.74) is 0. The van der Waals surface area contributed by atoms with Crippen LogP contribution in [0.3, 0.4) is 0 Å². The zero-order chi connectivity index (χ0) is 10.3. The molecule has 0 saturated heterocycles. The molecule has 0 saturated carbocycles. The minimum atomic E-state index is -1.15. The average molecular weight is 186 g/mol. The van der Waals surface area contributed by atoms with Crippen LogP contribution >= 0.6 is 0 Å². The highest BCUT2D eigenvalue weighted by Crippen LogP contribution is 2.01. The van der Waals surface area contributed by atoms with E-state index in [0.717, 1.165) is 25.0 Å². The fraction of sp³-hybridized carbons (Fsp3) is 0.556. The Hall–Kier alpha value is -1.32. The van der Waals surface area contributed by atoms with Crippen molar-refractivity contribution in [2.24, 2.45) is 0 Å². The summed E-state index contributed by atoms with van der Waals surface area (Å²) in [5, 5.41) is 8.21. The molecule has 4 heteroatoms. The largest absolute Gasteiger partial charge is 0.478 e. The van der Waals surface area contributed by atoms with Crippen molar-refractivity contribution in [3.8, 4) is 0 Å². The highest BCUT2D eigenvalue weighted by Gasteiger charge is 2.05. The van der Waals surface area contributed by atoms with Crippen LogP contribution < -0.4 is 0 Å². The number of hydrogen-bond acceptors (Lipinski definition) is 3. The van der Waals surface area contributed by atoms with Gasteiger partial charge >= 0.3 is 11.9 Å². The molecule has 0 aliphatic heterocycles. The van der Waals surface area contributed by atoms with Gasteiger partial charge in [-0.1, -0.05) is 13.3 Å². The molecule has 4 nitrogen and oxygen atoms in total. The van der Waals surface area contributed by atoms with E-state index < -0.39 is 11.9 Å². The highest BCUT2D eigenvalue weighted by atomic mass is 16.5. The van der Waals surface area contributed by atoms with Crippen molar-refractivity contribution in [1.29, 1.82) is 0 Å². The molecule has 0 spiro atoms. The average Bonchev–Trinajstić information content (AvgIpc) is 2.01. The van der Waals surface area contributed by atoms with Crippen LogP contribution in [0.25, 0.3) is 0 Å². The van der Waals surface area contributed by atoms with Gasteiger partial charge in [-0.05, 0) is 13.3 Å². The number of ether oxygens (including phenoxy) is 1. The Kier molecular flexibility index (Phi) is 5.59. The van der Waals surface area contributed by atoms with E-state index >= 15 is 0 Å². The van der Waals surface area contributed by atoms with Gasteiger partial charge in [0.15, 0.2) is 0 Å². The molecule has 0 rings (SSSR count). The lowest BCUT2D eigenvalue weighted by atomic mass is 10.2. The van der Waals surface area contributed by atoms with E-state index in [9.17, 15) is 9.59 Å². The van der Waals surface area contributed by atoms with Crippen molar-refractivity contribution in [2.75, 3.05) is 0 Å². The predicted octanol–water partition coefficient (Wildman–Crippen LogP) is 1.36. The van der Waals surface area contributed by atoms with Crippen LogP contribution in [0.2, 0.25) is 0 Å². The molecule has 0 radical (unpaired) electrons. The molecule has 1 unspecified atom stereocenters. The van der Waals surface area contributed by atoms with E-state index in [4.69, 9.17) is 9.84 Å². The molecule has 74 valence electrons. The summed E-state index contributed by atoms with van der Waals surface area (Å²) in [5.74, 6) is -1.76. The van der Waals surface area contributed by atoms with Gasteiger partial charge < -0.3 is 9.84 Å². The van der Waals surface area contributed by atoms with Gasteiger partial charge in [-0.15, -0.1) is 0 Å². The molecular formula is C9H14O4. The minimum Gasteiger partial charge on any atom is -0.478 e. The van der Waals surface area contributed by atoms with E-state index in [1.807, 2.05) is 6.92 Å². The summed E-state index contributed by atoms with van der Waals surface area (Å²) in [4.78, 5) is 20.9. The third kappa shape index (κ3) is 7.05. The Bertz CT molecular complexity index is 208. The second kappa shape index (κ2) is 6.22. The molecule has 13 heavy (non-hydrogen) atoms. The number of aliphatic carboxylic acids is 1. The number of rotatable bonds is 5. The number of carboxylic acid groups (broad SMARTS) is 1. The molecule has 0 aromatic carbocycles. The van der Waals surface area contributed by atoms with Gasteiger partial charge in [0.05, 0.1) is 6.10 Å². The molecule has 0 aromatic heterocycles. The minimum absolute atomic E-state index is 0.157. The molecular weight excluding hydrogens is 172 g/mol. The van der Waals surface area contributed by atoms with Gasteiger partial charge in [0.2, 0.25) is 0 Å². The van der Waals surface area contributed by atoms with Gasteiger partial charge in [0.1, 0.15) is 0 Å². The van der Waals surface area contributed by atoms with Crippen LogP contribution in [0.1, 0.15) is 26.7 Å². The van der Waals surface area contributed by atoms with Crippen molar-refractivity contribution in [3.63, 3.8) is 0 Å². The fourth-order valence-corrected chi connectivity index (χ4v) is 0.842. The number of carboxylic acids is 1. The van der Waals surface area contributed by atoms with E-state index in [2.05, 4.69) is 0 Å². The lowest BCUT2D eigenvalue weighted by Gasteiger charge is -2.09. The SMILES string of the molecule is CCCC(C)OC(=O)/C=C\C(=O)O. The summed E-state index contributed by atoms with van der Waals surface area (Å²) in [6, 6.07) is 0. The topological polar surface area (TPSA) is 63.6 Å². The van der Waals surface area contributed by atoms with E-state index in [1.54, 1.807) is 6.92 Å². The molecule has 0 aliphatic rings. The Labute approximate surface area is 77.2 Å². The monoisotopic (exact) mass is 186 g/mol. The maximum atomic E-state index is 10.9. The van der Waals surface area contributed by atoms with Gasteiger partial charge in [0, 0.05) is 12.2 Å². The molecule has 0 bridgehead atoms. The lowest BCUT2D eigenvalue weighted by molar-refractivity contribution is -0.143. The van der Waals surface area contributed by atoms with Crippen LogP contribution in [0.5, 0.6) is 0 Å². The maximum absolute atomic E-state index is 10.9. The number of carbonyl (C=O) groups excluding carboxylic acids is 1. The first kappa shape index (κ1) is 11.7. The van der Waals surface area contributed by atoms with Crippen LogP contribution in [-0.2, 0) is 14.3 Å². The number of esters is 1.